The third-order valence-corrected chi connectivity index (χ3v) is 5.12. The van der Waals surface area contributed by atoms with Crippen molar-refractivity contribution in [2.45, 2.75) is 63.1 Å². The van der Waals surface area contributed by atoms with Crippen molar-refractivity contribution in [1.29, 1.82) is 0 Å². The van der Waals surface area contributed by atoms with Crippen LogP contribution in [-0.2, 0) is 15.5 Å². The van der Waals surface area contributed by atoms with E-state index in [4.69, 9.17) is 4.74 Å². The Morgan fingerprint density at radius 3 is 2.78 bits per heavy atom. The van der Waals surface area contributed by atoms with Gasteiger partial charge in [-0.3, -0.25) is 4.21 Å². The zero-order valence-electron chi connectivity index (χ0n) is 11.6. The first-order chi connectivity index (χ1) is 8.70. The number of ether oxygens (including phenoxy) is 1. The Bertz CT molecular complexity index is 277. The summed E-state index contributed by atoms with van der Waals surface area (Å²) in [6, 6.07) is 0. The van der Waals surface area contributed by atoms with Gasteiger partial charge in [-0.05, 0) is 38.6 Å². The largest absolute Gasteiger partial charge is 0.370 e. The fourth-order valence-electron chi connectivity index (χ4n) is 3.27. The highest BCUT2D eigenvalue weighted by Crippen LogP contribution is 2.41. The van der Waals surface area contributed by atoms with Crippen LogP contribution in [-0.4, -0.2) is 41.0 Å². The average Bonchev–Trinajstić information content (AvgIpc) is 2.72. The van der Waals surface area contributed by atoms with Gasteiger partial charge in [0.15, 0.2) is 0 Å². The summed E-state index contributed by atoms with van der Waals surface area (Å²) in [5.74, 6) is 0.808. The van der Waals surface area contributed by atoms with Gasteiger partial charge in [-0.15, -0.1) is 0 Å². The monoisotopic (exact) mass is 273 g/mol. The average molecular weight is 273 g/mol. The van der Waals surface area contributed by atoms with Crippen molar-refractivity contribution >= 4 is 10.8 Å². The van der Waals surface area contributed by atoms with E-state index in [1.807, 2.05) is 0 Å². The molecule has 4 heteroatoms. The predicted molar refractivity (Wildman–Crippen MR) is 76.3 cm³/mol. The molecule has 106 valence electrons. The zero-order valence-corrected chi connectivity index (χ0v) is 12.4. The number of rotatable bonds is 6. The molecule has 1 aliphatic heterocycles. The Morgan fingerprint density at radius 1 is 1.28 bits per heavy atom. The standard InChI is InChI=1S/C14H27NO2S/c1-18(16)11-5-10-15-12-13-6-9-14(17-13)7-3-2-4-8-14/h13,15H,2-12H2,1H3. The molecule has 1 saturated heterocycles. The van der Waals surface area contributed by atoms with Crippen LogP contribution in [0.4, 0.5) is 0 Å². The van der Waals surface area contributed by atoms with E-state index in [1.165, 1.54) is 44.9 Å². The van der Waals surface area contributed by atoms with E-state index in [9.17, 15) is 4.21 Å². The lowest BCUT2D eigenvalue weighted by Crippen LogP contribution is -2.35. The van der Waals surface area contributed by atoms with Gasteiger partial charge in [0, 0.05) is 29.4 Å². The maximum atomic E-state index is 10.9. The van der Waals surface area contributed by atoms with Crippen LogP contribution < -0.4 is 5.32 Å². The van der Waals surface area contributed by atoms with Crippen LogP contribution >= 0.6 is 0 Å². The molecule has 0 radical (unpaired) electrons. The summed E-state index contributed by atoms with van der Waals surface area (Å²) in [5, 5.41) is 3.45. The maximum absolute atomic E-state index is 10.9. The molecular weight excluding hydrogens is 246 g/mol. The van der Waals surface area contributed by atoms with Crippen LogP contribution in [0.25, 0.3) is 0 Å². The fraction of sp³-hybridized carbons (Fsp3) is 1.00. The Labute approximate surface area is 114 Å². The molecule has 2 unspecified atom stereocenters. The SMILES string of the molecule is CS(=O)CCCNCC1CCC2(CCCCC2)O1. The number of hydrogen-bond acceptors (Lipinski definition) is 3. The third kappa shape index (κ3) is 4.32. The van der Waals surface area contributed by atoms with Gasteiger partial charge in [0.2, 0.25) is 0 Å². The van der Waals surface area contributed by atoms with Crippen LogP contribution in [0.15, 0.2) is 0 Å². The molecule has 1 N–H and O–H groups in total. The molecule has 3 nitrogen and oxygen atoms in total. The molecule has 18 heavy (non-hydrogen) atoms. The molecule has 2 rings (SSSR count). The summed E-state index contributed by atoms with van der Waals surface area (Å²) in [6.45, 7) is 1.94. The molecule has 1 heterocycles. The van der Waals surface area contributed by atoms with Crippen molar-refractivity contribution in [3.05, 3.63) is 0 Å². The van der Waals surface area contributed by atoms with Crippen molar-refractivity contribution < 1.29 is 8.95 Å². The topological polar surface area (TPSA) is 38.3 Å². The van der Waals surface area contributed by atoms with Crippen LogP contribution in [0.2, 0.25) is 0 Å². The van der Waals surface area contributed by atoms with E-state index >= 15 is 0 Å². The predicted octanol–water partition coefficient (Wildman–Crippen LogP) is 2.23. The molecule has 0 bridgehead atoms. The molecule has 0 aromatic heterocycles. The zero-order chi connectivity index (χ0) is 12.8. The van der Waals surface area contributed by atoms with Crippen LogP contribution in [0.3, 0.4) is 0 Å². The first-order valence-electron chi connectivity index (χ1n) is 7.39. The molecule has 0 amide bonds. The summed E-state index contributed by atoms with van der Waals surface area (Å²) in [5.41, 5.74) is 0.246. The lowest BCUT2D eigenvalue weighted by atomic mass is 9.83. The highest BCUT2D eigenvalue weighted by Gasteiger charge is 2.40. The minimum atomic E-state index is -0.651. The van der Waals surface area contributed by atoms with Crippen LogP contribution in [0, 0.1) is 0 Å². The van der Waals surface area contributed by atoms with Crippen molar-refractivity contribution in [3.8, 4) is 0 Å². The summed E-state index contributed by atoms with van der Waals surface area (Å²) in [7, 11) is -0.651. The molecule has 2 aliphatic rings. The van der Waals surface area contributed by atoms with Gasteiger partial charge in [-0.25, -0.2) is 0 Å². The highest BCUT2D eigenvalue weighted by molar-refractivity contribution is 7.84. The number of nitrogens with one attached hydrogen (secondary N) is 1. The van der Waals surface area contributed by atoms with Gasteiger partial charge in [0.05, 0.1) is 11.7 Å². The number of hydrogen-bond donors (Lipinski definition) is 1. The Hall–Kier alpha value is 0.0700. The smallest absolute Gasteiger partial charge is 0.0708 e. The molecule has 1 saturated carbocycles. The van der Waals surface area contributed by atoms with Crippen LogP contribution in [0.1, 0.15) is 51.4 Å². The summed E-state index contributed by atoms with van der Waals surface area (Å²) in [6.07, 6.45) is 12.3. The van der Waals surface area contributed by atoms with E-state index in [-0.39, 0.29) is 5.60 Å². The maximum Gasteiger partial charge on any atom is 0.0708 e. The molecule has 0 aromatic rings. The van der Waals surface area contributed by atoms with Gasteiger partial charge in [0.1, 0.15) is 0 Å². The summed E-state index contributed by atoms with van der Waals surface area (Å²) < 4.78 is 17.2. The van der Waals surface area contributed by atoms with Crippen molar-refractivity contribution in [1.82, 2.24) is 5.32 Å². The lowest BCUT2D eigenvalue weighted by molar-refractivity contribution is -0.0622. The first kappa shape index (κ1) is 14.5. The van der Waals surface area contributed by atoms with Crippen LogP contribution in [0.5, 0.6) is 0 Å². The molecule has 1 spiro atoms. The Morgan fingerprint density at radius 2 is 2.06 bits per heavy atom. The van der Waals surface area contributed by atoms with E-state index in [2.05, 4.69) is 5.32 Å². The van der Waals surface area contributed by atoms with E-state index in [0.29, 0.717) is 6.10 Å². The quantitative estimate of drug-likeness (QED) is 0.754. The minimum absolute atomic E-state index is 0.246. The van der Waals surface area contributed by atoms with Gasteiger partial charge >= 0.3 is 0 Å². The first-order valence-corrected chi connectivity index (χ1v) is 9.11. The van der Waals surface area contributed by atoms with Gasteiger partial charge < -0.3 is 10.1 Å². The molecule has 2 fully saturated rings. The summed E-state index contributed by atoms with van der Waals surface area (Å²) in [4.78, 5) is 0. The van der Waals surface area contributed by atoms with E-state index < -0.39 is 10.8 Å². The highest BCUT2D eigenvalue weighted by atomic mass is 32.2. The normalized spacial score (nSPS) is 28.6. The second kappa shape index (κ2) is 7.01. The van der Waals surface area contributed by atoms with Gasteiger partial charge in [0.25, 0.3) is 0 Å². The van der Waals surface area contributed by atoms with E-state index in [1.54, 1.807) is 6.26 Å². The van der Waals surface area contributed by atoms with Crippen molar-refractivity contribution in [3.63, 3.8) is 0 Å². The Kier molecular flexibility index (Phi) is 5.64. The molecule has 2 atom stereocenters. The summed E-state index contributed by atoms with van der Waals surface area (Å²) >= 11 is 0. The third-order valence-electron chi connectivity index (χ3n) is 4.26. The van der Waals surface area contributed by atoms with Gasteiger partial charge in [-0.1, -0.05) is 19.3 Å². The lowest BCUT2D eigenvalue weighted by Gasteiger charge is -2.33. The van der Waals surface area contributed by atoms with Crippen molar-refractivity contribution in [2.75, 3.05) is 25.1 Å². The van der Waals surface area contributed by atoms with Gasteiger partial charge in [-0.2, -0.15) is 0 Å². The molecular formula is C14H27NO2S. The Balaban J connectivity index is 1.59. The second-order valence-electron chi connectivity index (χ2n) is 5.86. The fourth-order valence-corrected chi connectivity index (χ4v) is 3.82. The second-order valence-corrected chi connectivity index (χ2v) is 7.41. The molecule has 0 aromatic carbocycles. The van der Waals surface area contributed by atoms with E-state index in [0.717, 1.165) is 25.3 Å². The minimum Gasteiger partial charge on any atom is -0.370 e. The molecule has 1 aliphatic carbocycles. The van der Waals surface area contributed by atoms with Crippen molar-refractivity contribution in [2.24, 2.45) is 0 Å².